The summed E-state index contributed by atoms with van der Waals surface area (Å²) in [6.45, 7) is 2.55. The van der Waals surface area contributed by atoms with Crippen LogP contribution in [0.4, 0.5) is 0 Å². The Morgan fingerprint density at radius 3 is 3.19 bits per heavy atom. The first-order chi connectivity index (χ1) is 10.3. The molecular weight excluding hydrogens is 306 g/mol. The number of nitrogens with zero attached hydrogens (tertiary/aromatic N) is 3. The number of rotatable bonds is 2. The van der Waals surface area contributed by atoms with Crippen LogP contribution in [0.5, 0.6) is 0 Å². The van der Waals surface area contributed by atoms with Gasteiger partial charge >= 0.3 is 0 Å². The van der Waals surface area contributed by atoms with Gasteiger partial charge in [0, 0.05) is 18.0 Å². The fraction of sp³-hybridized carbons (Fsp3) is 0.600. The molecule has 2 aromatic rings. The Morgan fingerprint density at radius 1 is 1.33 bits per heavy atom. The van der Waals surface area contributed by atoms with Crippen molar-refractivity contribution in [3.63, 3.8) is 0 Å². The highest BCUT2D eigenvalue weighted by atomic mass is 35.5. The number of thiophene rings is 1. The predicted octanol–water partition coefficient (Wildman–Crippen LogP) is 3.49. The molecule has 21 heavy (non-hydrogen) atoms. The fourth-order valence-electron chi connectivity index (χ4n) is 3.49. The first-order valence-corrected chi connectivity index (χ1v) is 8.82. The number of hydrogen-bond donors (Lipinski definition) is 0. The lowest BCUT2D eigenvalue weighted by Crippen LogP contribution is -2.52. The Kier molecular flexibility index (Phi) is 3.83. The molecule has 2 unspecified atom stereocenters. The molecule has 0 amide bonds. The van der Waals surface area contributed by atoms with Gasteiger partial charge in [0.15, 0.2) is 0 Å². The number of fused-ring (bicyclic) bond motifs is 2. The monoisotopic (exact) mass is 323 g/mol. The summed E-state index contributed by atoms with van der Waals surface area (Å²) in [5.74, 6) is 0.834. The zero-order valence-electron chi connectivity index (χ0n) is 11.8. The van der Waals surface area contributed by atoms with Gasteiger partial charge in [0.1, 0.15) is 15.8 Å². The molecule has 2 fully saturated rings. The molecule has 0 N–H and O–H groups in total. The van der Waals surface area contributed by atoms with Gasteiger partial charge in [-0.2, -0.15) is 0 Å². The first-order valence-electron chi connectivity index (χ1n) is 7.56. The van der Waals surface area contributed by atoms with Crippen molar-refractivity contribution < 1.29 is 4.74 Å². The second-order valence-electron chi connectivity index (χ2n) is 5.80. The summed E-state index contributed by atoms with van der Waals surface area (Å²) >= 11 is 7.89. The maximum atomic E-state index is 6.27. The minimum absolute atomic E-state index is 0.397. The lowest BCUT2D eigenvalue weighted by atomic mass is 9.90. The molecule has 0 spiro atoms. The van der Waals surface area contributed by atoms with E-state index in [0.717, 1.165) is 35.7 Å². The molecule has 6 heteroatoms. The molecule has 0 radical (unpaired) electrons. The summed E-state index contributed by atoms with van der Waals surface area (Å²) in [5.41, 5.74) is 0. The van der Waals surface area contributed by atoms with Crippen LogP contribution in [0.15, 0.2) is 11.4 Å². The highest BCUT2D eigenvalue weighted by Crippen LogP contribution is 2.30. The first kappa shape index (κ1) is 13.9. The van der Waals surface area contributed by atoms with Crippen LogP contribution in [0.3, 0.4) is 0 Å². The van der Waals surface area contributed by atoms with Gasteiger partial charge in [-0.1, -0.05) is 24.4 Å². The van der Waals surface area contributed by atoms with Crippen molar-refractivity contribution in [1.82, 2.24) is 14.9 Å². The maximum Gasteiger partial charge on any atom is 0.145 e. The van der Waals surface area contributed by atoms with Gasteiger partial charge in [0.2, 0.25) is 0 Å². The normalized spacial score (nSPS) is 26.9. The van der Waals surface area contributed by atoms with Crippen molar-refractivity contribution in [2.24, 2.45) is 0 Å². The average molecular weight is 324 g/mol. The van der Waals surface area contributed by atoms with E-state index in [2.05, 4.69) is 14.9 Å². The molecule has 1 saturated carbocycles. The van der Waals surface area contributed by atoms with Gasteiger partial charge in [0.05, 0.1) is 19.3 Å². The second kappa shape index (κ2) is 5.80. The lowest BCUT2D eigenvalue weighted by Gasteiger charge is -2.43. The highest BCUT2D eigenvalue weighted by molar-refractivity contribution is 7.16. The molecule has 4 nitrogen and oxygen atoms in total. The van der Waals surface area contributed by atoms with Gasteiger partial charge < -0.3 is 4.74 Å². The maximum absolute atomic E-state index is 6.27. The van der Waals surface area contributed by atoms with Gasteiger partial charge in [-0.15, -0.1) is 11.3 Å². The molecule has 0 bridgehead atoms. The third kappa shape index (κ3) is 2.68. The van der Waals surface area contributed by atoms with Crippen molar-refractivity contribution in [2.75, 3.05) is 13.2 Å². The summed E-state index contributed by atoms with van der Waals surface area (Å²) in [4.78, 5) is 12.6. The van der Waals surface area contributed by atoms with Crippen molar-refractivity contribution in [2.45, 2.75) is 44.4 Å². The van der Waals surface area contributed by atoms with E-state index in [4.69, 9.17) is 16.3 Å². The van der Waals surface area contributed by atoms with Crippen molar-refractivity contribution in [3.05, 3.63) is 22.4 Å². The topological polar surface area (TPSA) is 38.2 Å². The van der Waals surface area contributed by atoms with Gasteiger partial charge in [-0.05, 0) is 24.3 Å². The third-order valence-corrected chi connectivity index (χ3v) is 5.61. The van der Waals surface area contributed by atoms with Crippen LogP contribution in [0.1, 0.15) is 31.5 Å². The number of morpholine rings is 1. The highest BCUT2D eigenvalue weighted by Gasteiger charge is 2.34. The quantitative estimate of drug-likeness (QED) is 0.793. The van der Waals surface area contributed by atoms with E-state index in [-0.39, 0.29) is 0 Å². The van der Waals surface area contributed by atoms with Crippen LogP contribution < -0.4 is 0 Å². The summed E-state index contributed by atoms with van der Waals surface area (Å²) in [6.07, 6.45) is 5.39. The number of hydrogen-bond acceptors (Lipinski definition) is 5. The molecule has 4 rings (SSSR count). The molecule has 2 aromatic heterocycles. The minimum atomic E-state index is 0.397. The Labute approximate surface area is 133 Å². The van der Waals surface area contributed by atoms with Gasteiger partial charge in [-0.25, -0.2) is 9.97 Å². The summed E-state index contributed by atoms with van der Waals surface area (Å²) < 4.78 is 5.92. The van der Waals surface area contributed by atoms with Crippen molar-refractivity contribution in [1.29, 1.82) is 0 Å². The van der Waals surface area contributed by atoms with Crippen LogP contribution >= 0.6 is 22.9 Å². The Bertz CT molecular complexity index is 645. The number of aromatic nitrogens is 2. The Morgan fingerprint density at radius 2 is 2.24 bits per heavy atom. The van der Waals surface area contributed by atoms with E-state index in [1.165, 1.54) is 25.7 Å². The Hall–Kier alpha value is -0.750. The summed E-state index contributed by atoms with van der Waals surface area (Å²) in [7, 11) is 0. The molecule has 112 valence electrons. The number of ether oxygens (including phenoxy) is 1. The fourth-order valence-corrected chi connectivity index (χ4v) is 4.57. The molecule has 3 heterocycles. The van der Waals surface area contributed by atoms with Crippen LogP contribution in [0.25, 0.3) is 10.2 Å². The molecule has 1 aliphatic carbocycles. The van der Waals surface area contributed by atoms with Crippen LogP contribution in [-0.4, -0.2) is 40.2 Å². The SMILES string of the molecule is Clc1nc(CN2CCOC3CCCCC32)nc2sccc12. The predicted molar refractivity (Wildman–Crippen MR) is 84.8 cm³/mol. The van der Waals surface area contributed by atoms with E-state index in [9.17, 15) is 0 Å². The molecular formula is C15H18ClN3OS. The second-order valence-corrected chi connectivity index (χ2v) is 7.05. The molecule has 2 atom stereocenters. The molecule has 1 saturated heterocycles. The zero-order chi connectivity index (χ0) is 14.2. The van der Waals surface area contributed by atoms with Crippen LogP contribution in [0, 0.1) is 0 Å². The van der Waals surface area contributed by atoms with Crippen LogP contribution in [0.2, 0.25) is 5.15 Å². The van der Waals surface area contributed by atoms with E-state index in [0.29, 0.717) is 17.3 Å². The zero-order valence-corrected chi connectivity index (χ0v) is 13.4. The van der Waals surface area contributed by atoms with Gasteiger partial charge in [-0.3, -0.25) is 4.90 Å². The lowest BCUT2D eigenvalue weighted by molar-refractivity contribution is -0.0917. The van der Waals surface area contributed by atoms with E-state index >= 15 is 0 Å². The standard InChI is InChI=1S/C15H18ClN3OS/c16-14-10-5-8-21-15(10)18-13(17-14)9-19-6-7-20-12-4-2-1-3-11(12)19/h5,8,11-12H,1-4,6-7,9H2. The van der Waals surface area contributed by atoms with E-state index in [1.54, 1.807) is 11.3 Å². The summed E-state index contributed by atoms with van der Waals surface area (Å²) in [5, 5.41) is 3.55. The molecule has 2 aliphatic rings. The van der Waals surface area contributed by atoms with Crippen molar-refractivity contribution >= 4 is 33.2 Å². The molecule has 1 aliphatic heterocycles. The minimum Gasteiger partial charge on any atom is -0.375 e. The van der Waals surface area contributed by atoms with E-state index < -0.39 is 0 Å². The summed E-state index contributed by atoms with van der Waals surface area (Å²) in [6, 6.07) is 2.51. The number of halogens is 1. The van der Waals surface area contributed by atoms with Crippen LogP contribution in [-0.2, 0) is 11.3 Å². The smallest absolute Gasteiger partial charge is 0.145 e. The van der Waals surface area contributed by atoms with Crippen molar-refractivity contribution in [3.8, 4) is 0 Å². The third-order valence-electron chi connectivity index (χ3n) is 4.52. The van der Waals surface area contributed by atoms with E-state index in [1.807, 2.05) is 11.4 Å². The molecule has 0 aromatic carbocycles. The largest absolute Gasteiger partial charge is 0.375 e. The average Bonchev–Trinajstić information content (AvgIpc) is 2.97. The Balaban J connectivity index is 1.58. The van der Waals surface area contributed by atoms with Gasteiger partial charge in [0.25, 0.3) is 0 Å².